The second kappa shape index (κ2) is 6.58. The van der Waals surface area contributed by atoms with Crippen LogP contribution < -0.4 is 10.1 Å². The summed E-state index contributed by atoms with van der Waals surface area (Å²) in [6.07, 6.45) is 0. The number of rotatable bonds is 4. The zero-order valence-corrected chi connectivity index (χ0v) is 14.2. The predicted molar refractivity (Wildman–Crippen MR) is 87.5 cm³/mol. The highest BCUT2D eigenvalue weighted by Crippen LogP contribution is 2.35. The van der Waals surface area contributed by atoms with Gasteiger partial charge in [-0.2, -0.15) is 0 Å². The molecule has 0 aliphatic heterocycles. The van der Waals surface area contributed by atoms with Crippen molar-refractivity contribution in [1.82, 2.24) is 5.32 Å². The molecule has 2 nitrogen and oxygen atoms in total. The molecule has 0 saturated heterocycles. The second-order valence-electron chi connectivity index (χ2n) is 5.03. The van der Waals surface area contributed by atoms with Crippen molar-refractivity contribution in [1.29, 1.82) is 0 Å². The van der Waals surface area contributed by atoms with E-state index in [9.17, 15) is 4.39 Å². The lowest BCUT2D eigenvalue weighted by Crippen LogP contribution is -2.19. The molecule has 0 aliphatic carbocycles. The van der Waals surface area contributed by atoms with Gasteiger partial charge in [0.1, 0.15) is 11.6 Å². The molecule has 2 rings (SSSR count). The Labute approximate surface area is 133 Å². The van der Waals surface area contributed by atoms with Crippen LogP contribution in [0.1, 0.15) is 28.3 Å². The third kappa shape index (κ3) is 3.11. The van der Waals surface area contributed by atoms with Gasteiger partial charge in [0.25, 0.3) is 0 Å². The van der Waals surface area contributed by atoms with Crippen LogP contribution in [0.2, 0.25) is 0 Å². The van der Waals surface area contributed by atoms with E-state index in [0.29, 0.717) is 4.47 Å². The topological polar surface area (TPSA) is 21.3 Å². The fraction of sp³-hybridized carbons (Fsp3) is 0.294. The Morgan fingerprint density at radius 3 is 2.48 bits per heavy atom. The summed E-state index contributed by atoms with van der Waals surface area (Å²) in [4.78, 5) is 0. The first-order valence-electron chi connectivity index (χ1n) is 6.76. The molecule has 0 saturated carbocycles. The highest BCUT2D eigenvalue weighted by Gasteiger charge is 2.19. The van der Waals surface area contributed by atoms with Crippen LogP contribution in [0.4, 0.5) is 4.39 Å². The third-order valence-electron chi connectivity index (χ3n) is 3.79. The van der Waals surface area contributed by atoms with Gasteiger partial charge in [0.2, 0.25) is 0 Å². The molecule has 0 radical (unpaired) electrons. The summed E-state index contributed by atoms with van der Waals surface area (Å²) in [7, 11) is 3.56. The van der Waals surface area contributed by atoms with Crippen molar-refractivity contribution in [3.63, 3.8) is 0 Å². The van der Waals surface area contributed by atoms with Crippen molar-refractivity contribution in [2.75, 3.05) is 14.2 Å². The van der Waals surface area contributed by atoms with Gasteiger partial charge in [0, 0.05) is 5.56 Å². The summed E-state index contributed by atoms with van der Waals surface area (Å²) in [6.45, 7) is 4.11. The molecule has 21 heavy (non-hydrogen) atoms. The van der Waals surface area contributed by atoms with Crippen LogP contribution in [0.15, 0.2) is 34.8 Å². The van der Waals surface area contributed by atoms with Crippen LogP contribution in [0.5, 0.6) is 5.75 Å². The van der Waals surface area contributed by atoms with E-state index in [-0.39, 0.29) is 11.9 Å². The SMILES string of the molecule is CNC(c1ccc(F)c(Br)c1)c1ccc(C)c(C)c1OC. The monoisotopic (exact) mass is 351 g/mol. The van der Waals surface area contributed by atoms with Crippen LogP contribution in [-0.4, -0.2) is 14.2 Å². The number of aryl methyl sites for hydroxylation is 1. The summed E-state index contributed by atoms with van der Waals surface area (Å²) in [5, 5.41) is 3.28. The zero-order chi connectivity index (χ0) is 15.6. The highest BCUT2D eigenvalue weighted by molar-refractivity contribution is 9.10. The van der Waals surface area contributed by atoms with Crippen molar-refractivity contribution in [3.05, 3.63) is 62.9 Å². The predicted octanol–water partition coefficient (Wildman–Crippen LogP) is 4.52. The summed E-state index contributed by atoms with van der Waals surface area (Å²) < 4.78 is 19.5. The second-order valence-corrected chi connectivity index (χ2v) is 5.88. The summed E-state index contributed by atoms with van der Waals surface area (Å²) in [6, 6.07) is 9.13. The lowest BCUT2D eigenvalue weighted by molar-refractivity contribution is 0.402. The number of ether oxygens (including phenoxy) is 1. The van der Waals surface area contributed by atoms with Gasteiger partial charge >= 0.3 is 0 Å². The maximum Gasteiger partial charge on any atom is 0.137 e. The Bertz CT molecular complexity index is 657. The van der Waals surface area contributed by atoms with E-state index < -0.39 is 0 Å². The van der Waals surface area contributed by atoms with Gasteiger partial charge in [0.05, 0.1) is 17.6 Å². The van der Waals surface area contributed by atoms with Crippen molar-refractivity contribution >= 4 is 15.9 Å². The lowest BCUT2D eigenvalue weighted by Gasteiger charge is -2.22. The molecule has 0 bridgehead atoms. The first-order valence-corrected chi connectivity index (χ1v) is 7.55. The van der Waals surface area contributed by atoms with Crippen molar-refractivity contribution in [2.45, 2.75) is 19.9 Å². The Morgan fingerprint density at radius 2 is 1.90 bits per heavy atom. The van der Waals surface area contributed by atoms with E-state index in [0.717, 1.165) is 22.4 Å². The first-order chi connectivity index (χ1) is 9.99. The van der Waals surface area contributed by atoms with E-state index in [1.165, 1.54) is 11.6 Å². The third-order valence-corrected chi connectivity index (χ3v) is 4.40. The highest BCUT2D eigenvalue weighted by atomic mass is 79.9. The first kappa shape index (κ1) is 16.0. The number of hydrogen-bond acceptors (Lipinski definition) is 2. The van der Waals surface area contributed by atoms with Crippen LogP contribution in [0.25, 0.3) is 0 Å². The molecular formula is C17H19BrFNO. The molecule has 0 aromatic heterocycles. The minimum Gasteiger partial charge on any atom is -0.496 e. The van der Waals surface area contributed by atoms with Gasteiger partial charge in [-0.1, -0.05) is 18.2 Å². The minimum atomic E-state index is -0.263. The van der Waals surface area contributed by atoms with Crippen LogP contribution >= 0.6 is 15.9 Å². The molecule has 1 unspecified atom stereocenters. The Kier molecular flexibility index (Phi) is 5.01. The smallest absolute Gasteiger partial charge is 0.137 e. The molecule has 2 aromatic rings. The van der Waals surface area contributed by atoms with Gasteiger partial charge in [-0.05, 0) is 65.6 Å². The average Bonchev–Trinajstić information content (AvgIpc) is 2.47. The maximum atomic E-state index is 13.4. The fourth-order valence-electron chi connectivity index (χ4n) is 2.50. The van der Waals surface area contributed by atoms with E-state index in [2.05, 4.69) is 40.3 Å². The number of halogens is 2. The van der Waals surface area contributed by atoms with E-state index in [1.807, 2.05) is 14.0 Å². The largest absolute Gasteiger partial charge is 0.496 e. The molecule has 4 heteroatoms. The summed E-state index contributed by atoms with van der Waals surface area (Å²) in [5.41, 5.74) is 4.33. The quantitative estimate of drug-likeness (QED) is 0.873. The molecule has 0 amide bonds. The number of hydrogen-bond donors (Lipinski definition) is 1. The molecule has 2 aromatic carbocycles. The molecule has 0 heterocycles. The fourth-order valence-corrected chi connectivity index (χ4v) is 2.90. The number of nitrogens with one attached hydrogen (secondary N) is 1. The zero-order valence-electron chi connectivity index (χ0n) is 12.6. The van der Waals surface area contributed by atoms with Crippen molar-refractivity contribution in [3.8, 4) is 5.75 Å². The van der Waals surface area contributed by atoms with Gasteiger partial charge in [-0.3, -0.25) is 0 Å². The molecule has 1 atom stereocenters. The minimum absolute atomic E-state index is 0.0591. The summed E-state index contributed by atoms with van der Waals surface area (Å²) >= 11 is 3.24. The van der Waals surface area contributed by atoms with Gasteiger partial charge in [-0.15, -0.1) is 0 Å². The van der Waals surface area contributed by atoms with E-state index in [4.69, 9.17) is 4.74 Å². The molecule has 0 fully saturated rings. The Hall–Kier alpha value is -1.39. The van der Waals surface area contributed by atoms with Crippen molar-refractivity contribution in [2.24, 2.45) is 0 Å². The van der Waals surface area contributed by atoms with Crippen LogP contribution in [0, 0.1) is 19.7 Å². The van der Waals surface area contributed by atoms with Crippen LogP contribution in [-0.2, 0) is 0 Å². The maximum absolute atomic E-state index is 13.4. The van der Waals surface area contributed by atoms with E-state index in [1.54, 1.807) is 19.2 Å². The lowest BCUT2D eigenvalue weighted by atomic mass is 9.94. The molecular weight excluding hydrogens is 333 g/mol. The normalized spacial score (nSPS) is 12.3. The van der Waals surface area contributed by atoms with Gasteiger partial charge < -0.3 is 10.1 Å². The molecule has 112 valence electrons. The van der Waals surface area contributed by atoms with Crippen molar-refractivity contribution < 1.29 is 9.13 Å². The van der Waals surface area contributed by atoms with Gasteiger partial charge in [0.15, 0.2) is 0 Å². The number of methoxy groups -OCH3 is 1. The average molecular weight is 352 g/mol. The Balaban J connectivity index is 2.56. The molecule has 1 N–H and O–H groups in total. The molecule has 0 spiro atoms. The number of benzene rings is 2. The summed E-state index contributed by atoms with van der Waals surface area (Å²) in [5.74, 6) is 0.607. The van der Waals surface area contributed by atoms with Crippen LogP contribution in [0.3, 0.4) is 0 Å². The molecule has 0 aliphatic rings. The van der Waals surface area contributed by atoms with E-state index >= 15 is 0 Å². The Morgan fingerprint density at radius 1 is 1.19 bits per heavy atom. The standard InChI is InChI=1S/C17H19BrFNO/c1-10-5-7-13(17(21-4)11(10)2)16(20-3)12-6-8-15(19)14(18)9-12/h5-9,16,20H,1-4H3. The van der Waals surface area contributed by atoms with Gasteiger partial charge in [-0.25, -0.2) is 4.39 Å².